The van der Waals surface area contributed by atoms with Gasteiger partial charge in [0.25, 0.3) is 5.91 Å². The number of ether oxygens (including phenoxy) is 1. The lowest BCUT2D eigenvalue weighted by atomic mass is 10.1. The van der Waals surface area contributed by atoms with E-state index in [1.807, 2.05) is 91.0 Å². The van der Waals surface area contributed by atoms with Crippen molar-refractivity contribution in [3.63, 3.8) is 0 Å². The molecule has 0 aliphatic carbocycles. The van der Waals surface area contributed by atoms with Gasteiger partial charge in [-0.15, -0.1) is 11.8 Å². The van der Waals surface area contributed by atoms with E-state index in [2.05, 4.69) is 0 Å². The minimum absolute atomic E-state index is 0.281. The summed E-state index contributed by atoms with van der Waals surface area (Å²) in [6.45, 7) is -0.303. The van der Waals surface area contributed by atoms with Crippen LogP contribution in [0.1, 0.15) is 10.8 Å². The number of carbonyl (C=O) groups excluding carboxylic acids is 2. The number of para-hydroxylation sites is 1. The van der Waals surface area contributed by atoms with Crippen molar-refractivity contribution in [3.8, 4) is 0 Å². The van der Waals surface area contributed by atoms with E-state index in [9.17, 15) is 9.59 Å². The summed E-state index contributed by atoms with van der Waals surface area (Å²) >= 11 is 1.41. The molecule has 0 saturated heterocycles. The molecule has 0 aliphatic rings. The van der Waals surface area contributed by atoms with E-state index >= 15 is 0 Å². The van der Waals surface area contributed by atoms with Crippen LogP contribution in [0.3, 0.4) is 0 Å². The van der Waals surface area contributed by atoms with E-state index in [1.165, 1.54) is 16.7 Å². The van der Waals surface area contributed by atoms with Gasteiger partial charge in [0.05, 0.1) is 0 Å². The molecule has 1 amide bonds. The summed E-state index contributed by atoms with van der Waals surface area (Å²) in [6, 6.07) is 28.4. The Bertz CT molecular complexity index is 901. The fraction of sp³-hybridized carbons (Fsp3) is 0.130. The zero-order valence-corrected chi connectivity index (χ0v) is 16.3. The quantitative estimate of drug-likeness (QED) is 0.432. The number of esters is 1. The van der Waals surface area contributed by atoms with E-state index in [0.29, 0.717) is 0 Å². The van der Waals surface area contributed by atoms with Gasteiger partial charge in [-0.05, 0) is 29.8 Å². The third-order valence-corrected chi connectivity index (χ3v) is 5.41. The first-order chi connectivity index (χ1) is 13.6. The van der Waals surface area contributed by atoms with Crippen LogP contribution in [0.15, 0.2) is 95.9 Å². The van der Waals surface area contributed by atoms with Crippen molar-refractivity contribution in [1.82, 2.24) is 0 Å². The summed E-state index contributed by atoms with van der Waals surface area (Å²) < 4.78 is 5.38. The SMILES string of the molecule is CN(C(=O)COC(=O)[C@@H](Sc1ccccc1)c1ccccc1)c1ccccc1. The first kappa shape index (κ1) is 19.7. The zero-order valence-electron chi connectivity index (χ0n) is 15.5. The van der Waals surface area contributed by atoms with Crippen molar-refractivity contribution in [2.24, 2.45) is 0 Å². The maximum absolute atomic E-state index is 12.8. The summed E-state index contributed by atoms with van der Waals surface area (Å²) in [7, 11) is 1.67. The fourth-order valence-electron chi connectivity index (χ4n) is 2.62. The van der Waals surface area contributed by atoms with Gasteiger partial charge in [-0.1, -0.05) is 66.7 Å². The molecule has 0 N–H and O–H groups in total. The van der Waals surface area contributed by atoms with E-state index in [4.69, 9.17) is 4.74 Å². The number of thioether (sulfide) groups is 1. The molecule has 0 radical (unpaired) electrons. The first-order valence-corrected chi connectivity index (χ1v) is 9.78. The number of amides is 1. The Morgan fingerprint density at radius 3 is 2.00 bits per heavy atom. The minimum atomic E-state index is -0.543. The van der Waals surface area contributed by atoms with Gasteiger partial charge in [0, 0.05) is 17.6 Å². The van der Waals surface area contributed by atoms with Gasteiger partial charge < -0.3 is 9.64 Å². The first-order valence-electron chi connectivity index (χ1n) is 8.90. The van der Waals surface area contributed by atoms with Gasteiger partial charge in [0.15, 0.2) is 6.61 Å². The van der Waals surface area contributed by atoms with Crippen molar-refractivity contribution >= 4 is 29.3 Å². The van der Waals surface area contributed by atoms with Crippen molar-refractivity contribution in [2.45, 2.75) is 10.1 Å². The number of likely N-dealkylation sites (N-methyl/N-ethyl adjacent to an activating group) is 1. The Labute approximate surface area is 169 Å². The van der Waals surface area contributed by atoms with Crippen molar-refractivity contribution < 1.29 is 14.3 Å². The molecular weight excluding hydrogens is 370 g/mol. The van der Waals surface area contributed by atoms with Gasteiger partial charge in [0.1, 0.15) is 5.25 Å². The van der Waals surface area contributed by atoms with Gasteiger partial charge in [0.2, 0.25) is 0 Å². The summed E-state index contributed by atoms with van der Waals surface area (Å²) in [6.07, 6.45) is 0. The number of hydrogen-bond donors (Lipinski definition) is 0. The van der Waals surface area contributed by atoms with E-state index < -0.39 is 11.2 Å². The van der Waals surface area contributed by atoms with Crippen molar-refractivity contribution in [2.75, 3.05) is 18.6 Å². The molecule has 0 saturated carbocycles. The lowest BCUT2D eigenvalue weighted by molar-refractivity contribution is -0.147. The highest BCUT2D eigenvalue weighted by molar-refractivity contribution is 8.00. The molecule has 28 heavy (non-hydrogen) atoms. The molecule has 4 nitrogen and oxygen atoms in total. The molecule has 5 heteroatoms. The molecule has 3 rings (SSSR count). The Balaban J connectivity index is 1.68. The molecule has 0 heterocycles. The second kappa shape index (κ2) is 9.76. The normalized spacial score (nSPS) is 11.5. The van der Waals surface area contributed by atoms with Crippen LogP contribution >= 0.6 is 11.8 Å². The molecule has 0 aromatic heterocycles. The summed E-state index contributed by atoms with van der Waals surface area (Å²) in [5, 5.41) is -0.543. The van der Waals surface area contributed by atoms with Crippen LogP contribution in [0.2, 0.25) is 0 Å². The molecule has 142 valence electrons. The maximum Gasteiger partial charge on any atom is 0.324 e. The molecule has 0 unspecified atom stereocenters. The molecule has 0 fully saturated rings. The number of hydrogen-bond acceptors (Lipinski definition) is 4. The highest BCUT2D eigenvalue weighted by atomic mass is 32.2. The highest BCUT2D eigenvalue weighted by Crippen LogP contribution is 2.36. The van der Waals surface area contributed by atoms with E-state index in [0.717, 1.165) is 16.1 Å². The molecule has 0 aliphatic heterocycles. The third kappa shape index (κ3) is 5.24. The summed E-state index contributed by atoms with van der Waals surface area (Å²) in [5.74, 6) is -0.717. The monoisotopic (exact) mass is 391 g/mol. The highest BCUT2D eigenvalue weighted by Gasteiger charge is 2.25. The van der Waals surface area contributed by atoms with Crippen molar-refractivity contribution in [1.29, 1.82) is 0 Å². The van der Waals surface area contributed by atoms with E-state index in [-0.39, 0.29) is 12.5 Å². The van der Waals surface area contributed by atoms with Crippen molar-refractivity contribution in [3.05, 3.63) is 96.6 Å². The Hall–Kier alpha value is -3.05. The Morgan fingerprint density at radius 2 is 1.39 bits per heavy atom. The zero-order chi connectivity index (χ0) is 19.8. The van der Waals surface area contributed by atoms with E-state index in [1.54, 1.807) is 7.05 Å². The van der Waals surface area contributed by atoms with Crippen LogP contribution in [0.5, 0.6) is 0 Å². The topological polar surface area (TPSA) is 46.6 Å². The van der Waals surface area contributed by atoms with Crippen LogP contribution in [-0.4, -0.2) is 25.5 Å². The largest absolute Gasteiger partial charge is 0.454 e. The number of rotatable bonds is 7. The van der Waals surface area contributed by atoms with Gasteiger partial charge in [-0.2, -0.15) is 0 Å². The predicted molar refractivity (Wildman–Crippen MR) is 112 cm³/mol. The Morgan fingerprint density at radius 1 is 0.857 bits per heavy atom. The van der Waals surface area contributed by atoms with Crippen LogP contribution < -0.4 is 4.90 Å². The van der Waals surface area contributed by atoms with Crippen LogP contribution in [0.4, 0.5) is 5.69 Å². The molecule has 3 aromatic carbocycles. The predicted octanol–water partition coefficient (Wildman–Crippen LogP) is 4.73. The molecule has 0 bridgehead atoms. The number of carbonyl (C=O) groups is 2. The van der Waals surface area contributed by atoms with Crippen LogP contribution in [0, 0.1) is 0 Å². The fourth-order valence-corrected chi connectivity index (χ4v) is 3.66. The number of nitrogens with zero attached hydrogens (tertiary/aromatic N) is 1. The van der Waals surface area contributed by atoms with Gasteiger partial charge in [-0.3, -0.25) is 9.59 Å². The summed E-state index contributed by atoms with van der Waals surface area (Å²) in [4.78, 5) is 27.6. The molecular formula is C23H21NO3S. The summed E-state index contributed by atoms with van der Waals surface area (Å²) in [5.41, 5.74) is 1.59. The second-order valence-electron chi connectivity index (χ2n) is 6.12. The third-order valence-electron chi connectivity index (χ3n) is 4.17. The van der Waals surface area contributed by atoms with Gasteiger partial charge in [-0.25, -0.2) is 0 Å². The average molecular weight is 391 g/mol. The number of benzene rings is 3. The molecule has 3 aromatic rings. The molecule has 0 spiro atoms. The lowest BCUT2D eigenvalue weighted by Crippen LogP contribution is -2.31. The molecule has 1 atom stereocenters. The standard InChI is InChI=1S/C23H21NO3S/c1-24(19-13-7-3-8-14-19)21(25)17-27-23(26)22(18-11-5-2-6-12-18)28-20-15-9-4-10-16-20/h2-16,22H,17H2,1H3/t22-/m0/s1. The van der Waals surface area contributed by atoms with Gasteiger partial charge >= 0.3 is 5.97 Å². The number of anilines is 1. The minimum Gasteiger partial charge on any atom is -0.454 e. The lowest BCUT2D eigenvalue weighted by Gasteiger charge is -2.19. The van der Waals surface area contributed by atoms with Crippen LogP contribution in [0.25, 0.3) is 0 Å². The average Bonchev–Trinajstić information content (AvgIpc) is 2.77. The Kier molecular flexibility index (Phi) is 6.87. The second-order valence-corrected chi connectivity index (χ2v) is 7.30. The maximum atomic E-state index is 12.8. The smallest absolute Gasteiger partial charge is 0.324 e. The van der Waals surface area contributed by atoms with Crippen LogP contribution in [-0.2, 0) is 14.3 Å².